The van der Waals surface area contributed by atoms with Gasteiger partial charge in [-0.2, -0.15) is 0 Å². The van der Waals surface area contributed by atoms with E-state index in [9.17, 15) is 9.59 Å². The van der Waals surface area contributed by atoms with Crippen LogP contribution in [0, 0.1) is 0 Å². The molecule has 2 amide bonds. The summed E-state index contributed by atoms with van der Waals surface area (Å²) in [4.78, 5) is 30.7. The topological polar surface area (TPSA) is 71.3 Å². The Morgan fingerprint density at radius 2 is 1.93 bits per heavy atom. The molecule has 0 saturated carbocycles. The van der Waals surface area contributed by atoms with E-state index < -0.39 is 0 Å². The van der Waals surface area contributed by atoms with Gasteiger partial charge in [-0.25, -0.2) is 0 Å². The molecule has 0 aliphatic carbocycles. The molecule has 28 heavy (non-hydrogen) atoms. The van der Waals surface area contributed by atoms with Gasteiger partial charge in [0.05, 0.1) is 10.9 Å². The van der Waals surface area contributed by atoms with Crippen LogP contribution in [0.3, 0.4) is 0 Å². The molecule has 1 saturated heterocycles. The molecule has 144 valence electrons. The summed E-state index contributed by atoms with van der Waals surface area (Å²) in [6.45, 7) is 0.717. The summed E-state index contributed by atoms with van der Waals surface area (Å²) in [6, 6.07) is 11.3. The van der Waals surface area contributed by atoms with E-state index in [4.69, 9.17) is 0 Å². The van der Waals surface area contributed by atoms with E-state index in [1.807, 2.05) is 41.3 Å². The second-order valence-corrected chi connectivity index (χ2v) is 8.09. The lowest BCUT2D eigenvalue weighted by Crippen LogP contribution is -2.30. The number of likely N-dealkylation sites (tertiary alicyclic amines) is 1. The fourth-order valence-corrected chi connectivity index (χ4v) is 4.65. The van der Waals surface area contributed by atoms with Crippen molar-refractivity contribution in [3.8, 4) is 5.69 Å². The van der Waals surface area contributed by atoms with Crippen LogP contribution in [0.15, 0.2) is 49.1 Å². The Morgan fingerprint density at radius 3 is 2.68 bits per heavy atom. The molecule has 8 heteroatoms. The van der Waals surface area contributed by atoms with Crippen LogP contribution < -0.4 is 0 Å². The second-order valence-electron chi connectivity index (χ2n) is 6.98. The van der Waals surface area contributed by atoms with Gasteiger partial charge in [-0.05, 0) is 43.2 Å². The first-order chi connectivity index (χ1) is 13.5. The van der Waals surface area contributed by atoms with E-state index in [-0.39, 0.29) is 17.9 Å². The van der Waals surface area contributed by atoms with Crippen LogP contribution in [0.5, 0.6) is 0 Å². The van der Waals surface area contributed by atoms with Crippen molar-refractivity contribution >= 4 is 23.2 Å². The number of aromatic nitrogens is 3. The molecule has 0 bridgehead atoms. The number of carbonyl (C=O) groups excluding carboxylic acids is 2. The summed E-state index contributed by atoms with van der Waals surface area (Å²) in [6.07, 6.45) is 5.08. The fourth-order valence-electron chi connectivity index (χ4n) is 3.47. The van der Waals surface area contributed by atoms with E-state index in [0.717, 1.165) is 30.0 Å². The SMILES string of the molecule is CN(C)C(=O)c1ccc([C@@H]2CCCN2C(=O)c2cccc(-n3cnnc3)c2)s1. The van der Waals surface area contributed by atoms with Gasteiger partial charge < -0.3 is 9.80 Å². The fraction of sp³-hybridized carbons (Fsp3) is 0.300. The average molecular weight is 395 g/mol. The van der Waals surface area contributed by atoms with Crippen molar-refractivity contribution < 1.29 is 9.59 Å². The zero-order chi connectivity index (χ0) is 19.7. The van der Waals surface area contributed by atoms with E-state index >= 15 is 0 Å². The van der Waals surface area contributed by atoms with E-state index in [1.54, 1.807) is 36.2 Å². The predicted octanol–water partition coefficient (Wildman–Crippen LogP) is 3.01. The number of amides is 2. The summed E-state index contributed by atoms with van der Waals surface area (Å²) in [5, 5.41) is 7.64. The van der Waals surface area contributed by atoms with Gasteiger partial charge in [0.15, 0.2) is 0 Å². The van der Waals surface area contributed by atoms with E-state index in [2.05, 4.69) is 10.2 Å². The van der Waals surface area contributed by atoms with Gasteiger partial charge in [-0.3, -0.25) is 14.2 Å². The third kappa shape index (κ3) is 3.43. The zero-order valence-electron chi connectivity index (χ0n) is 15.8. The zero-order valence-corrected chi connectivity index (χ0v) is 16.6. The van der Waals surface area contributed by atoms with Gasteiger partial charge in [0, 0.05) is 36.8 Å². The van der Waals surface area contributed by atoms with Crippen molar-refractivity contribution in [2.45, 2.75) is 18.9 Å². The summed E-state index contributed by atoms with van der Waals surface area (Å²) >= 11 is 1.48. The monoisotopic (exact) mass is 395 g/mol. The summed E-state index contributed by atoms with van der Waals surface area (Å²) in [5.41, 5.74) is 1.49. The standard InChI is InChI=1S/C20H21N5O2S/c1-23(2)20(27)18-9-8-17(28-18)16-7-4-10-25(16)19(26)14-5-3-6-15(11-14)24-12-21-22-13-24/h3,5-6,8-9,11-13,16H,4,7,10H2,1-2H3/t16-/m0/s1. The van der Waals surface area contributed by atoms with Crippen LogP contribution in [0.2, 0.25) is 0 Å². The minimum atomic E-state index is -0.00577. The molecule has 1 aromatic carbocycles. The molecular weight excluding hydrogens is 374 g/mol. The molecule has 0 spiro atoms. The molecule has 0 radical (unpaired) electrons. The Morgan fingerprint density at radius 1 is 1.14 bits per heavy atom. The van der Waals surface area contributed by atoms with Crippen LogP contribution >= 0.6 is 11.3 Å². The first-order valence-electron chi connectivity index (χ1n) is 9.12. The molecule has 3 aromatic rings. The van der Waals surface area contributed by atoms with Crippen molar-refractivity contribution in [1.82, 2.24) is 24.6 Å². The number of benzene rings is 1. The molecule has 1 aliphatic rings. The first kappa shape index (κ1) is 18.4. The number of hydrogen-bond acceptors (Lipinski definition) is 5. The first-order valence-corrected chi connectivity index (χ1v) is 9.93. The lowest BCUT2D eigenvalue weighted by Gasteiger charge is -2.24. The molecule has 1 atom stereocenters. The lowest BCUT2D eigenvalue weighted by atomic mass is 10.1. The van der Waals surface area contributed by atoms with Gasteiger partial charge >= 0.3 is 0 Å². The Bertz CT molecular complexity index is 996. The third-order valence-corrected chi connectivity index (χ3v) is 6.07. The maximum Gasteiger partial charge on any atom is 0.263 e. The Kier molecular flexibility index (Phi) is 4.95. The quantitative estimate of drug-likeness (QED) is 0.681. The van der Waals surface area contributed by atoms with Crippen molar-refractivity contribution in [1.29, 1.82) is 0 Å². The van der Waals surface area contributed by atoms with Gasteiger partial charge in [0.1, 0.15) is 12.7 Å². The highest BCUT2D eigenvalue weighted by molar-refractivity contribution is 7.14. The normalized spacial score (nSPS) is 16.4. The van der Waals surface area contributed by atoms with Crippen molar-refractivity contribution in [3.63, 3.8) is 0 Å². The lowest BCUT2D eigenvalue weighted by molar-refractivity contribution is 0.0737. The minimum absolute atomic E-state index is 0.00577. The Labute approximate surface area is 167 Å². The van der Waals surface area contributed by atoms with Crippen molar-refractivity contribution in [2.24, 2.45) is 0 Å². The molecule has 3 heterocycles. The molecule has 0 unspecified atom stereocenters. The summed E-state index contributed by atoms with van der Waals surface area (Å²) in [5.74, 6) is 0.0000711. The number of thiophene rings is 1. The maximum absolute atomic E-state index is 13.2. The van der Waals surface area contributed by atoms with Gasteiger partial charge in [0.2, 0.25) is 0 Å². The largest absolute Gasteiger partial charge is 0.344 e. The number of carbonyl (C=O) groups is 2. The molecular formula is C20H21N5O2S. The van der Waals surface area contributed by atoms with E-state index in [1.165, 1.54) is 11.3 Å². The molecule has 7 nitrogen and oxygen atoms in total. The van der Waals surface area contributed by atoms with Crippen LogP contribution in [-0.2, 0) is 0 Å². The number of rotatable bonds is 4. The van der Waals surface area contributed by atoms with Crippen LogP contribution in [0.4, 0.5) is 0 Å². The van der Waals surface area contributed by atoms with Crippen molar-refractivity contribution in [2.75, 3.05) is 20.6 Å². The number of hydrogen-bond donors (Lipinski definition) is 0. The highest BCUT2D eigenvalue weighted by Crippen LogP contribution is 2.37. The average Bonchev–Trinajstić information content (AvgIpc) is 3.47. The summed E-state index contributed by atoms with van der Waals surface area (Å²) < 4.78 is 1.77. The van der Waals surface area contributed by atoms with Crippen molar-refractivity contribution in [3.05, 3.63) is 64.4 Å². The molecule has 0 N–H and O–H groups in total. The Balaban J connectivity index is 1.58. The Hall–Kier alpha value is -3.00. The highest BCUT2D eigenvalue weighted by Gasteiger charge is 2.32. The maximum atomic E-state index is 13.2. The molecule has 1 fully saturated rings. The van der Waals surface area contributed by atoms with Gasteiger partial charge in [-0.1, -0.05) is 6.07 Å². The molecule has 1 aliphatic heterocycles. The second kappa shape index (κ2) is 7.55. The van der Waals surface area contributed by atoms with Crippen LogP contribution in [-0.4, -0.2) is 57.0 Å². The smallest absolute Gasteiger partial charge is 0.263 e. The number of nitrogens with zero attached hydrogens (tertiary/aromatic N) is 5. The predicted molar refractivity (Wildman–Crippen MR) is 107 cm³/mol. The molecule has 2 aromatic heterocycles. The van der Waals surface area contributed by atoms with E-state index in [0.29, 0.717) is 10.4 Å². The summed E-state index contributed by atoms with van der Waals surface area (Å²) in [7, 11) is 3.49. The van der Waals surface area contributed by atoms with Crippen LogP contribution in [0.25, 0.3) is 5.69 Å². The third-order valence-electron chi connectivity index (χ3n) is 4.90. The molecule has 4 rings (SSSR count). The van der Waals surface area contributed by atoms with Gasteiger partial charge in [-0.15, -0.1) is 21.5 Å². The van der Waals surface area contributed by atoms with Gasteiger partial charge in [0.25, 0.3) is 11.8 Å². The highest BCUT2D eigenvalue weighted by atomic mass is 32.1. The van der Waals surface area contributed by atoms with Crippen LogP contribution in [0.1, 0.15) is 43.8 Å². The minimum Gasteiger partial charge on any atom is -0.344 e.